The van der Waals surface area contributed by atoms with E-state index in [1.165, 1.54) is 32.1 Å². The van der Waals surface area contributed by atoms with Crippen molar-refractivity contribution in [3.8, 4) is 0 Å². The summed E-state index contributed by atoms with van der Waals surface area (Å²) in [5.41, 5.74) is 1.86. The SMILES string of the molecule is Brc1cnc2[nH]c(CCC3CCCC3)nc2c1. The van der Waals surface area contributed by atoms with Crippen LogP contribution in [0.1, 0.15) is 37.9 Å². The number of pyridine rings is 1. The van der Waals surface area contributed by atoms with E-state index in [1.54, 1.807) is 6.20 Å². The Kier molecular flexibility index (Phi) is 3.14. The Hall–Kier alpha value is -0.900. The lowest BCUT2D eigenvalue weighted by atomic mass is 10.0. The molecule has 2 aromatic rings. The molecule has 0 radical (unpaired) electrons. The molecule has 0 unspecified atom stereocenters. The lowest BCUT2D eigenvalue weighted by Gasteiger charge is -2.05. The van der Waals surface area contributed by atoms with Crippen molar-refractivity contribution in [2.75, 3.05) is 0 Å². The van der Waals surface area contributed by atoms with Gasteiger partial charge in [0.1, 0.15) is 11.3 Å². The first-order chi connectivity index (χ1) is 8.31. The summed E-state index contributed by atoms with van der Waals surface area (Å²) in [5, 5.41) is 0. The van der Waals surface area contributed by atoms with Gasteiger partial charge in [-0.1, -0.05) is 25.7 Å². The lowest BCUT2D eigenvalue weighted by Crippen LogP contribution is -1.97. The lowest BCUT2D eigenvalue weighted by molar-refractivity contribution is 0.498. The molecule has 0 amide bonds. The highest BCUT2D eigenvalue weighted by molar-refractivity contribution is 9.10. The number of aromatic nitrogens is 3. The van der Waals surface area contributed by atoms with Crippen molar-refractivity contribution in [2.45, 2.75) is 38.5 Å². The summed E-state index contributed by atoms with van der Waals surface area (Å²) >= 11 is 3.42. The number of aryl methyl sites for hydroxylation is 1. The topological polar surface area (TPSA) is 41.6 Å². The average Bonchev–Trinajstić information content (AvgIpc) is 2.94. The van der Waals surface area contributed by atoms with Crippen molar-refractivity contribution < 1.29 is 0 Å². The van der Waals surface area contributed by atoms with E-state index in [1.807, 2.05) is 6.07 Å². The number of nitrogens with zero attached hydrogens (tertiary/aromatic N) is 2. The Morgan fingerprint density at radius 1 is 1.35 bits per heavy atom. The van der Waals surface area contributed by atoms with Crippen LogP contribution < -0.4 is 0 Å². The molecule has 17 heavy (non-hydrogen) atoms. The molecule has 1 aliphatic carbocycles. The van der Waals surface area contributed by atoms with Crippen molar-refractivity contribution in [1.82, 2.24) is 15.0 Å². The molecule has 0 aliphatic heterocycles. The third-order valence-corrected chi connectivity index (χ3v) is 4.05. The van der Waals surface area contributed by atoms with Crippen molar-refractivity contribution in [2.24, 2.45) is 5.92 Å². The van der Waals surface area contributed by atoms with E-state index in [9.17, 15) is 0 Å². The highest BCUT2D eigenvalue weighted by Crippen LogP contribution is 2.28. The first kappa shape index (κ1) is 11.2. The van der Waals surface area contributed by atoms with Crippen LogP contribution in [0.25, 0.3) is 11.2 Å². The van der Waals surface area contributed by atoms with Gasteiger partial charge in [-0.15, -0.1) is 0 Å². The van der Waals surface area contributed by atoms with Crippen molar-refractivity contribution >= 4 is 27.1 Å². The fraction of sp³-hybridized carbons (Fsp3) is 0.538. The van der Waals surface area contributed by atoms with Crippen LogP contribution in [-0.4, -0.2) is 15.0 Å². The van der Waals surface area contributed by atoms with Gasteiger partial charge >= 0.3 is 0 Å². The number of hydrogen-bond acceptors (Lipinski definition) is 2. The van der Waals surface area contributed by atoms with Crippen LogP contribution >= 0.6 is 15.9 Å². The number of halogens is 1. The fourth-order valence-corrected chi connectivity index (χ4v) is 3.00. The minimum Gasteiger partial charge on any atom is -0.327 e. The maximum atomic E-state index is 4.59. The van der Waals surface area contributed by atoms with Gasteiger partial charge in [0.25, 0.3) is 0 Å². The van der Waals surface area contributed by atoms with Crippen molar-refractivity contribution in [3.63, 3.8) is 0 Å². The summed E-state index contributed by atoms with van der Waals surface area (Å²) in [6.07, 6.45) is 9.77. The average molecular weight is 294 g/mol. The summed E-state index contributed by atoms with van der Waals surface area (Å²) in [4.78, 5) is 12.2. The van der Waals surface area contributed by atoms with E-state index >= 15 is 0 Å². The van der Waals surface area contributed by atoms with Crippen LogP contribution in [0.15, 0.2) is 16.7 Å². The molecule has 2 aromatic heterocycles. The molecule has 2 heterocycles. The number of hydrogen-bond donors (Lipinski definition) is 1. The third kappa shape index (κ3) is 2.51. The predicted molar refractivity (Wildman–Crippen MR) is 71.9 cm³/mol. The van der Waals surface area contributed by atoms with Crippen LogP contribution in [0.2, 0.25) is 0 Å². The molecule has 90 valence electrons. The van der Waals surface area contributed by atoms with Crippen LogP contribution in [0.3, 0.4) is 0 Å². The summed E-state index contributed by atoms with van der Waals surface area (Å²) in [6, 6.07) is 2.01. The van der Waals surface area contributed by atoms with Crippen LogP contribution in [-0.2, 0) is 6.42 Å². The largest absolute Gasteiger partial charge is 0.327 e. The molecule has 3 nitrogen and oxygen atoms in total. The van der Waals surface area contributed by atoms with Crippen LogP contribution in [0, 0.1) is 5.92 Å². The normalized spacial score (nSPS) is 17.0. The maximum absolute atomic E-state index is 4.59. The Morgan fingerprint density at radius 2 is 2.18 bits per heavy atom. The number of H-pyrrole nitrogens is 1. The number of aromatic amines is 1. The number of imidazole rings is 1. The zero-order chi connectivity index (χ0) is 11.7. The first-order valence-corrected chi connectivity index (χ1v) is 7.11. The van der Waals surface area contributed by atoms with Gasteiger partial charge in [0, 0.05) is 17.1 Å². The zero-order valence-corrected chi connectivity index (χ0v) is 11.3. The van der Waals surface area contributed by atoms with Gasteiger partial charge in [-0.3, -0.25) is 0 Å². The molecule has 4 heteroatoms. The second-order valence-corrected chi connectivity index (χ2v) is 5.81. The van der Waals surface area contributed by atoms with E-state index in [-0.39, 0.29) is 0 Å². The minimum atomic E-state index is 0.898. The Labute approximate surface area is 109 Å². The van der Waals surface area contributed by atoms with Gasteiger partial charge in [-0.2, -0.15) is 0 Å². The maximum Gasteiger partial charge on any atom is 0.157 e. The Morgan fingerprint density at radius 3 is 3.00 bits per heavy atom. The molecular weight excluding hydrogens is 278 g/mol. The summed E-state index contributed by atoms with van der Waals surface area (Å²) in [5.74, 6) is 2.00. The van der Waals surface area contributed by atoms with Gasteiger partial charge in [-0.05, 0) is 34.3 Å². The Balaban J connectivity index is 1.72. The summed E-state index contributed by atoms with van der Waals surface area (Å²) < 4.78 is 0.985. The zero-order valence-electron chi connectivity index (χ0n) is 9.75. The van der Waals surface area contributed by atoms with Gasteiger partial charge in [0.15, 0.2) is 5.65 Å². The molecule has 0 spiro atoms. The van der Waals surface area contributed by atoms with E-state index in [0.29, 0.717) is 0 Å². The second kappa shape index (κ2) is 4.77. The molecule has 0 aromatic carbocycles. The van der Waals surface area contributed by atoms with Gasteiger partial charge in [0.05, 0.1) is 0 Å². The van der Waals surface area contributed by atoms with Crippen molar-refractivity contribution in [1.29, 1.82) is 0 Å². The number of fused-ring (bicyclic) bond motifs is 1. The number of nitrogens with one attached hydrogen (secondary N) is 1. The molecule has 1 N–H and O–H groups in total. The summed E-state index contributed by atoms with van der Waals surface area (Å²) in [7, 11) is 0. The predicted octanol–water partition coefficient (Wildman–Crippen LogP) is 3.84. The van der Waals surface area contributed by atoms with Crippen LogP contribution in [0.4, 0.5) is 0 Å². The quantitative estimate of drug-likeness (QED) is 0.934. The minimum absolute atomic E-state index is 0.898. The highest BCUT2D eigenvalue weighted by Gasteiger charge is 2.15. The van der Waals surface area contributed by atoms with Crippen LogP contribution in [0.5, 0.6) is 0 Å². The molecule has 0 saturated heterocycles. The molecule has 1 fully saturated rings. The monoisotopic (exact) mass is 293 g/mol. The Bertz CT molecular complexity index is 514. The molecule has 3 rings (SSSR count). The fourth-order valence-electron chi connectivity index (χ4n) is 2.68. The van der Waals surface area contributed by atoms with Gasteiger partial charge in [-0.25, -0.2) is 9.97 Å². The van der Waals surface area contributed by atoms with Crippen molar-refractivity contribution in [3.05, 3.63) is 22.6 Å². The highest BCUT2D eigenvalue weighted by atomic mass is 79.9. The molecular formula is C13H16BrN3. The van der Waals surface area contributed by atoms with Gasteiger partial charge < -0.3 is 4.98 Å². The smallest absolute Gasteiger partial charge is 0.157 e. The first-order valence-electron chi connectivity index (χ1n) is 6.31. The molecule has 1 aliphatic rings. The molecule has 0 atom stereocenters. The van der Waals surface area contributed by atoms with Gasteiger partial charge in [0.2, 0.25) is 0 Å². The third-order valence-electron chi connectivity index (χ3n) is 3.62. The van der Waals surface area contributed by atoms with E-state index < -0.39 is 0 Å². The molecule has 1 saturated carbocycles. The van der Waals surface area contributed by atoms with E-state index in [4.69, 9.17) is 0 Å². The number of rotatable bonds is 3. The standard InChI is InChI=1S/C13H16BrN3/c14-10-7-11-13(15-8-10)17-12(16-11)6-5-9-3-1-2-4-9/h7-9H,1-6H2,(H,15,16,17). The molecule has 0 bridgehead atoms. The van der Waals surface area contributed by atoms with E-state index in [0.717, 1.165) is 33.8 Å². The second-order valence-electron chi connectivity index (χ2n) is 4.89. The van der Waals surface area contributed by atoms with E-state index in [2.05, 4.69) is 30.9 Å². The summed E-state index contributed by atoms with van der Waals surface area (Å²) in [6.45, 7) is 0.